The van der Waals surface area contributed by atoms with Crippen LogP contribution in [0.5, 0.6) is 34.5 Å². The van der Waals surface area contributed by atoms with E-state index < -0.39 is 12.0 Å². The number of allylic oxidation sites excluding steroid dienone is 1. The molecule has 278 valence electrons. The van der Waals surface area contributed by atoms with Gasteiger partial charge in [0, 0.05) is 30.2 Å². The molecule has 0 heterocycles. The summed E-state index contributed by atoms with van der Waals surface area (Å²) in [5, 5.41) is 54.8. The molecule has 2 bridgehead atoms. The number of ether oxygens (including phenoxy) is 2. The second kappa shape index (κ2) is 15.5. The average molecular weight is 720 g/mol. The molecule has 53 heavy (non-hydrogen) atoms. The smallest absolute Gasteiger partial charge is 0.200 e. The van der Waals surface area contributed by atoms with Gasteiger partial charge < -0.3 is 35.0 Å². The molecular weight excluding hydrogens is 670 g/mol. The second-order valence-electron chi connectivity index (χ2n) is 15.0. The van der Waals surface area contributed by atoms with Crippen LogP contribution in [0.3, 0.4) is 0 Å². The van der Waals surface area contributed by atoms with Crippen molar-refractivity contribution in [1.82, 2.24) is 0 Å². The number of aliphatic hydroxyl groups is 1. The molecule has 1 fully saturated rings. The standard InChI is InChI=1S/C44H49NO8/c45-26-53-39-21-27(13-17-36(39)48)12-15-32(47)23-37(49)33-16-14-29-22-35(44(18-5-2-6-19-44)30-9-3-1-4-10-30)41(33)34-24-38(50)42(51)43(40(29)34)52-25-28-8-7-11-31(46)20-28/h1,3-4,7-11,13-14,16-17,20-21,24,29,33,35,37,41,46,48-51H,2,5-6,12,15,18-19,22-23,25-26,45H2. The second-order valence-corrected chi connectivity index (χ2v) is 15.0. The van der Waals surface area contributed by atoms with Gasteiger partial charge in [0.05, 0.1) is 6.10 Å². The molecule has 5 atom stereocenters. The van der Waals surface area contributed by atoms with E-state index in [1.54, 1.807) is 36.4 Å². The van der Waals surface area contributed by atoms with Crippen LogP contribution < -0.4 is 15.2 Å². The van der Waals surface area contributed by atoms with E-state index in [4.69, 9.17) is 15.2 Å². The van der Waals surface area contributed by atoms with Crippen molar-refractivity contribution in [3.05, 3.63) is 119 Å². The van der Waals surface area contributed by atoms with E-state index in [-0.39, 0.29) is 89.6 Å². The van der Waals surface area contributed by atoms with Gasteiger partial charge in [-0.3, -0.25) is 10.5 Å². The first-order valence-electron chi connectivity index (χ1n) is 18.8. The highest BCUT2D eigenvalue weighted by molar-refractivity contribution is 5.79. The monoisotopic (exact) mass is 719 g/mol. The minimum atomic E-state index is -1.00. The molecule has 9 heteroatoms. The molecule has 0 saturated heterocycles. The summed E-state index contributed by atoms with van der Waals surface area (Å²) in [6.07, 6.45) is 9.79. The predicted molar refractivity (Wildman–Crippen MR) is 201 cm³/mol. The number of hydrogen-bond donors (Lipinski definition) is 6. The van der Waals surface area contributed by atoms with Gasteiger partial charge in [-0.05, 0) is 95.5 Å². The summed E-state index contributed by atoms with van der Waals surface area (Å²) in [5.74, 6) is -1.02. The van der Waals surface area contributed by atoms with Crippen LogP contribution in [0.4, 0.5) is 0 Å². The van der Waals surface area contributed by atoms with E-state index in [1.807, 2.05) is 12.1 Å². The summed E-state index contributed by atoms with van der Waals surface area (Å²) in [4.78, 5) is 13.6. The summed E-state index contributed by atoms with van der Waals surface area (Å²) in [6, 6.07) is 24.0. The number of carbonyl (C=O) groups excluding carboxylic acids is 1. The van der Waals surface area contributed by atoms with Crippen molar-refractivity contribution in [1.29, 1.82) is 0 Å². The summed E-state index contributed by atoms with van der Waals surface area (Å²) < 4.78 is 11.6. The molecule has 0 aliphatic heterocycles. The Labute approximate surface area is 310 Å². The number of aromatic hydroxyl groups is 4. The third kappa shape index (κ3) is 7.33. The highest BCUT2D eigenvalue weighted by Gasteiger charge is 2.53. The summed E-state index contributed by atoms with van der Waals surface area (Å²) in [7, 11) is 0. The van der Waals surface area contributed by atoms with Crippen molar-refractivity contribution in [2.75, 3.05) is 6.73 Å². The van der Waals surface area contributed by atoms with Gasteiger partial charge in [-0.2, -0.15) is 0 Å². The number of nitrogens with two attached hydrogens (primary N) is 1. The summed E-state index contributed by atoms with van der Waals surface area (Å²) in [6.45, 7) is -0.0187. The van der Waals surface area contributed by atoms with Crippen molar-refractivity contribution < 1.29 is 39.8 Å². The Morgan fingerprint density at radius 1 is 0.849 bits per heavy atom. The molecule has 4 aromatic carbocycles. The number of aliphatic hydroxyl groups excluding tert-OH is 1. The van der Waals surface area contributed by atoms with Gasteiger partial charge in [0.2, 0.25) is 5.75 Å². The van der Waals surface area contributed by atoms with E-state index in [1.165, 1.54) is 11.6 Å². The van der Waals surface area contributed by atoms with Crippen LogP contribution in [0, 0.1) is 11.8 Å². The van der Waals surface area contributed by atoms with Crippen molar-refractivity contribution in [3.63, 3.8) is 0 Å². The van der Waals surface area contributed by atoms with E-state index >= 15 is 0 Å². The number of rotatable bonds is 13. The maximum atomic E-state index is 13.6. The number of ketones is 1. The van der Waals surface area contributed by atoms with E-state index in [0.29, 0.717) is 12.0 Å². The number of phenols is 4. The van der Waals surface area contributed by atoms with Gasteiger partial charge in [-0.1, -0.05) is 79.9 Å². The molecule has 8 rings (SSSR count). The van der Waals surface area contributed by atoms with E-state index in [9.17, 15) is 30.3 Å². The molecule has 0 spiro atoms. The van der Waals surface area contributed by atoms with E-state index in [2.05, 4.69) is 36.4 Å². The normalized spacial score (nSPS) is 22.1. The van der Waals surface area contributed by atoms with Gasteiger partial charge in [-0.25, -0.2) is 0 Å². The number of benzene rings is 4. The molecule has 1 saturated carbocycles. The van der Waals surface area contributed by atoms with Crippen LogP contribution in [0.2, 0.25) is 0 Å². The molecule has 9 nitrogen and oxygen atoms in total. The lowest BCUT2D eigenvalue weighted by molar-refractivity contribution is -0.121. The molecule has 0 amide bonds. The first-order valence-corrected chi connectivity index (χ1v) is 18.8. The van der Waals surface area contributed by atoms with Gasteiger partial charge in [0.15, 0.2) is 23.0 Å². The predicted octanol–water partition coefficient (Wildman–Crippen LogP) is 7.61. The number of phenolic OH excluding ortho intramolecular Hbond substituents is 4. The minimum absolute atomic E-state index is 0.0238. The first kappa shape index (κ1) is 36.4. The zero-order chi connectivity index (χ0) is 37.1. The Balaban J connectivity index is 1.24. The SMILES string of the molecule is NCOc1cc(CCC(=O)CC(O)C2C=CC3CC(C4(c5ccccc5)CCCCC4)C2c2cc(O)c(O)c(OCc4cccc(O)c4)c23)ccc1O. The quantitative estimate of drug-likeness (QED) is 0.0464. The average Bonchev–Trinajstić information content (AvgIpc) is 3.46. The highest BCUT2D eigenvalue weighted by atomic mass is 16.5. The van der Waals surface area contributed by atoms with Crippen LogP contribution >= 0.6 is 0 Å². The van der Waals surface area contributed by atoms with Crippen LogP contribution in [-0.4, -0.2) is 44.2 Å². The Kier molecular flexibility index (Phi) is 10.7. The molecule has 4 aromatic rings. The van der Waals surface area contributed by atoms with Crippen LogP contribution in [-0.2, 0) is 23.2 Å². The molecule has 0 radical (unpaired) electrons. The third-order valence-corrected chi connectivity index (χ3v) is 11.9. The number of hydrogen-bond acceptors (Lipinski definition) is 9. The Hall–Kier alpha value is -4.99. The fraction of sp³-hybridized carbons (Fsp3) is 0.386. The lowest BCUT2D eigenvalue weighted by atomic mass is 9.52. The minimum Gasteiger partial charge on any atom is -0.508 e. The number of aryl methyl sites for hydroxylation is 1. The maximum Gasteiger partial charge on any atom is 0.200 e. The number of carbonyl (C=O) groups is 1. The topological polar surface area (TPSA) is 163 Å². The number of fused-ring (bicyclic) bond motifs is 2. The zero-order valence-electron chi connectivity index (χ0n) is 29.9. The van der Waals surface area contributed by atoms with Crippen molar-refractivity contribution >= 4 is 5.78 Å². The largest absolute Gasteiger partial charge is 0.508 e. The Bertz CT molecular complexity index is 1950. The van der Waals surface area contributed by atoms with Crippen LogP contribution in [0.1, 0.15) is 91.0 Å². The molecular formula is C44H49NO8. The fourth-order valence-corrected chi connectivity index (χ4v) is 9.50. The molecule has 4 aliphatic carbocycles. The molecule has 5 unspecified atom stereocenters. The van der Waals surface area contributed by atoms with E-state index in [0.717, 1.165) is 55.2 Å². The number of Topliss-reactive ketones (excluding diaryl/α,β-unsaturated/α-hetero) is 1. The van der Waals surface area contributed by atoms with Crippen molar-refractivity contribution in [2.45, 2.75) is 87.7 Å². The molecule has 7 N–H and O–H groups in total. The highest BCUT2D eigenvalue weighted by Crippen LogP contribution is 2.63. The lowest BCUT2D eigenvalue weighted by Gasteiger charge is -2.52. The first-order chi connectivity index (χ1) is 25.7. The van der Waals surface area contributed by atoms with Crippen LogP contribution in [0.25, 0.3) is 0 Å². The van der Waals surface area contributed by atoms with Gasteiger partial charge >= 0.3 is 0 Å². The van der Waals surface area contributed by atoms with Gasteiger partial charge in [0.25, 0.3) is 0 Å². The molecule has 0 aromatic heterocycles. The maximum absolute atomic E-state index is 13.6. The van der Waals surface area contributed by atoms with Gasteiger partial charge in [0.1, 0.15) is 24.9 Å². The Morgan fingerprint density at radius 3 is 2.40 bits per heavy atom. The van der Waals surface area contributed by atoms with Crippen LogP contribution in [0.15, 0.2) is 91.0 Å². The zero-order valence-corrected chi connectivity index (χ0v) is 29.9. The summed E-state index contributed by atoms with van der Waals surface area (Å²) in [5.41, 5.74) is 9.73. The lowest BCUT2D eigenvalue weighted by Crippen LogP contribution is -2.46. The third-order valence-electron chi connectivity index (χ3n) is 11.9. The summed E-state index contributed by atoms with van der Waals surface area (Å²) >= 11 is 0. The van der Waals surface area contributed by atoms with Gasteiger partial charge in [-0.15, -0.1) is 0 Å². The van der Waals surface area contributed by atoms with Crippen molar-refractivity contribution in [3.8, 4) is 34.5 Å². The Morgan fingerprint density at radius 2 is 1.64 bits per heavy atom. The fourth-order valence-electron chi connectivity index (χ4n) is 9.50. The van der Waals surface area contributed by atoms with Crippen molar-refractivity contribution in [2.24, 2.45) is 17.6 Å². The molecule has 4 aliphatic rings.